The van der Waals surface area contributed by atoms with Crippen molar-refractivity contribution in [3.05, 3.63) is 48.0 Å². The Balaban J connectivity index is 1.74. The zero-order chi connectivity index (χ0) is 17.5. The van der Waals surface area contributed by atoms with Gasteiger partial charge in [0.2, 0.25) is 11.8 Å². The topological polar surface area (TPSA) is 124 Å². The van der Waals surface area contributed by atoms with E-state index in [2.05, 4.69) is 0 Å². The number of carbonyl (C=O) groups is 2. The van der Waals surface area contributed by atoms with Gasteiger partial charge in [0.15, 0.2) is 0 Å². The third-order valence-corrected chi connectivity index (χ3v) is 3.18. The lowest BCUT2D eigenvalue weighted by Crippen LogP contribution is -2.37. The molecule has 4 N–H and O–H groups in total. The third-order valence-electron chi connectivity index (χ3n) is 3.18. The Labute approximate surface area is 138 Å². The zero-order valence-electron chi connectivity index (χ0n) is 12.8. The minimum atomic E-state index is -1.10. The Morgan fingerprint density at radius 2 is 1.71 bits per heavy atom. The quantitative estimate of drug-likeness (QED) is 0.637. The molecule has 0 saturated carbocycles. The van der Waals surface area contributed by atoms with Gasteiger partial charge in [-0.25, -0.2) is 4.79 Å². The fourth-order valence-corrected chi connectivity index (χ4v) is 1.85. The Morgan fingerprint density at radius 1 is 1.08 bits per heavy atom. The second kappa shape index (κ2) is 8.02. The molecule has 128 valence electrons. The molecule has 8 nitrogen and oxygen atoms in total. The molecule has 1 aromatic carbocycles. The molecule has 1 atom stereocenters. The van der Waals surface area contributed by atoms with Gasteiger partial charge in [0, 0.05) is 18.6 Å². The number of nitrogens with two attached hydrogens (primary N) is 1. The fourth-order valence-electron chi connectivity index (χ4n) is 1.85. The number of hydrogen-bond donors (Lipinski definition) is 3. The van der Waals surface area contributed by atoms with E-state index >= 15 is 0 Å². The van der Waals surface area contributed by atoms with Crippen LogP contribution in [0, 0.1) is 0 Å². The van der Waals surface area contributed by atoms with Crippen LogP contribution >= 0.6 is 0 Å². The van der Waals surface area contributed by atoms with E-state index < -0.39 is 29.7 Å². The fraction of sp³-hybridized carbons (Fsp3) is 0.250. The molecule has 0 unspecified atom stereocenters. The Kier molecular flexibility index (Phi) is 5.80. The van der Waals surface area contributed by atoms with Crippen LogP contribution in [0.1, 0.15) is 18.4 Å². The molecule has 1 heterocycles. The predicted molar refractivity (Wildman–Crippen MR) is 82.8 cm³/mol. The normalized spacial score (nSPS) is 11.7. The standard InChI is InChI=1S/C16H18N2O6/c17-12(16(22)24-18-13(19)7-8-14(18)20)6-9-15(21)23-10-11-4-2-1-3-5-11/h1-5,7-8,12,19-20H,6,9-10,17H2/t12-/m0/s1. The van der Waals surface area contributed by atoms with Gasteiger partial charge in [-0.2, -0.15) is 0 Å². The number of hydrogen-bond acceptors (Lipinski definition) is 7. The summed E-state index contributed by atoms with van der Waals surface area (Å²) in [5, 5.41) is 18.7. The molecule has 8 heteroatoms. The summed E-state index contributed by atoms with van der Waals surface area (Å²) in [7, 11) is 0. The summed E-state index contributed by atoms with van der Waals surface area (Å²) < 4.78 is 5.61. The Hall–Kier alpha value is -3.00. The van der Waals surface area contributed by atoms with E-state index in [4.69, 9.17) is 15.3 Å². The molecular formula is C16H18N2O6. The second-order valence-corrected chi connectivity index (χ2v) is 5.05. The van der Waals surface area contributed by atoms with Crippen LogP contribution in [0.2, 0.25) is 0 Å². The van der Waals surface area contributed by atoms with E-state index in [9.17, 15) is 19.8 Å². The van der Waals surface area contributed by atoms with Gasteiger partial charge in [-0.05, 0) is 12.0 Å². The summed E-state index contributed by atoms with van der Waals surface area (Å²) in [6, 6.07) is 10.4. The van der Waals surface area contributed by atoms with Crippen LogP contribution < -0.4 is 10.6 Å². The van der Waals surface area contributed by atoms with Gasteiger partial charge < -0.3 is 25.5 Å². The van der Waals surface area contributed by atoms with Crippen LogP contribution in [0.5, 0.6) is 11.8 Å². The number of aromatic nitrogens is 1. The third kappa shape index (κ3) is 4.75. The second-order valence-electron chi connectivity index (χ2n) is 5.05. The van der Waals surface area contributed by atoms with E-state index in [1.807, 2.05) is 30.3 Å². The van der Waals surface area contributed by atoms with E-state index in [-0.39, 0.29) is 19.4 Å². The van der Waals surface area contributed by atoms with Crippen molar-refractivity contribution in [3.8, 4) is 11.8 Å². The van der Waals surface area contributed by atoms with Crippen molar-refractivity contribution in [2.24, 2.45) is 5.73 Å². The molecular weight excluding hydrogens is 316 g/mol. The Morgan fingerprint density at radius 3 is 2.33 bits per heavy atom. The highest BCUT2D eigenvalue weighted by molar-refractivity contribution is 5.77. The van der Waals surface area contributed by atoms with Crippen molar-refractivity contribution >= 4 is 11.9 Å². The lowest BCUT2D eigenvalue weighted by molar-refractivity contribution is -0.148. The number of esters is 1. The number of carbonyl (C=O) groups excluding carboxylic acids is 2. The molecule has 0 aliphatic heterocycles. The summed E-state index contributed by atoms with van der Waals surface area (Å²) in [5.41, 5.74) is 6.49. The predicted octanol–water partition coefficient (Wildman–Crippen LogP) is 0.705. The van der Waals surface area contributed by atoms with Gasteiger partial charge in [-0.3, -0.25) is 4.79 Å². The van der Waals surface area contributed by atoms with E-state index in [0.29, 0.717) is 4.73 Å². The number of aromatic hydroxyl groups is 2. The largest absolute Gasteiger partial charge is 0.492 e. The van der Waals surface area contributed by atoms with Crippen LogP contribution in [-0.4, -0.2) is 32.9 Å². The minimum absolute atomic E-state index is 0.00918. The molecule has 0 fully saturated rings. The number of ether oxygens (including phenoxy) is 1. The maximum Gasteiger partial charge on any atom is 0.349 e. The number of benzene rings is 1. The van der Waals surface area contributed by atoms with E-state index in [0.717, 1.165) is 17.7 Å². The summed E-state index contributed by atoms with van der Waals surface area (Å²) in [6.45, 7) is 0.143. The minimum Gasteiger partial charge on any atom is -0.492 e. The lowest BCUT2D eigenvalue weighted by Gasteiger charge is -2.12. The SMILES string of the molecule is N[C@@H](CCC(=O)OCc1ccccc1)C(=O)On1c(O)ccc1O. The first kappa shape index (κ1) is 17.4. The highest BCUT2D eigenvalue weighted by atomic mass is 16.7. The molecule has 0 bridgehead atoms. The molecule has 0 aliphatic carbocycles. The van der Waals surface area contributed by atoms with Crippen molar-refractivity contribution < 1.29 is 29.4 Å². The highest BCUT2D eigenvalue weighted by Gasteiger charge is 2.20. The van der Waals surface area contributed by atoms with Crippen molar-refractivity contribution in [1.29, 1.82) is 0 Å². The first-order chi connectivity index (χ1) is 11.5. The van der Waals surface area contributed by atoms with Crippen LogP contribution in [-0.2, 0) is 20.9 Å². The first-order valence-corrected chi connectivity index (χ1v) is 7.24. The van der Waals surface area contributed by atoms with Gasteiger partial charge in [0.05, 0.1) is 0 Å². The number of rotatable bonds is 7. The van der Waals surface area contributed by atoms with Crippen LogP contribution in [0.4, 0.5) is 0 Å². The molecule has 24 heavy (non-hydrogen) atoms. The van der Waals surface area contributed by atoms with Gasteiger partial charge in [0.25, 0.3) is 0 Å². The first-order valence-electron chi connectivity index (χ1n) is 7.24. The van der Waals surface area contributed by atoms with Crippen molar-refractivity contribution in [2.45, 2.75) is 25.5 Å². The monoisotopic (exact) mass is 334 g/mol. The van der Waals surface area contributed by atoms with E-state index in [1.165, 1.54) is 0 Å². The van der Waals surface area contributed by atoms with Crippen LogP contribution in [0.3, 0.4) is 0 Å². The van der Waals surface area contributed by atoms with Gasteiger partial charge in [-0.15, -0.1) is 4.73 Å². The zero-order valence-corrected chi connectivity index (χ0v) is 12.8. The van der Waals surface area contributed by atoms with Gasteiger partial charge >= 0.3 is 11.9 Å². The molecule has 0 saturated heterocycles. The van der Waals surface area contributed by atoms with Crippen molar-refractivity contribution in [2.75, 3.05) is 0 Å². The maximum absolute atomic E-state index is 11.8. The summed E-state index contributed by atoms with van der Waals surface area (Å²) in [5.74, 6) is -2.29. The Bertz CT molecular complexity index is 678. The molecule has 0 spiro atoms. The maximum atomic E-state index is 11.8. The van der Waals surface area contributed by atoms with Crippen LogP contribution in [0.25, 0.3) is 0 Å². The van der Waals surface area contributed by atoms with Gasteiger partial charge in [-0.1, -0.05) is 30.3 Å². The molecule has 2 aromatic rings. The lowest BCUT2D eigenvalue weighted by atomic mass is 10.2. The van der Waals surface area contributed by atoms with Crippen molar-refractivity contribution in [1.82, 2.24) is 4.73 Å². The smallest absolute Gasteiger partial charge is 0.349 e. The average molecular weight is 334 g/mol. The van der Waals surface area contributed by atoms with E-state index in [1.54, 1.807) is 0 Å². The molecule has 1 aromatic heterocycles. The summed E-state index contributed by atoms with van der Waals surface area (Å²) in [4.78, 5) is 28.2. The molecule has 0 amide bonds. The average Bonchev–Trinajstić information content (AvgIpc) is 2.90. The number of nitrogens with zero attached hydrogens (tertiary/aromatic N) is 1. The van der Waals surface area contributed by atoms with Crippen molar-refractivity contribution in [3.63, 3.8) is 0 Å². The van der Waals surface area contributed by atoms with Crippen LogP contribution in [0.15, 0.2) is 42.5 Å². The van der Waals surface area contributed by atoms with Gasteiger partial charge in [0.1, 0.15) is 12.6 Å². The molecule has 0 radical (unpaired) electrons. The highest BCUT2D eigenvalue weighted by Crippen LogP contribution is 2.18. The molecule has 0 aliphatic rings. The molecule has 2 rings (SSSR count). The summed E-state index contributed by atoms with van der Waals surface area (Å²) >= 11 is 0. The summed E-state index contributed by atoms with van der Waals surface area (Å²) in [6.07, 6.45) is -0.0536.